The van der Waals surface area contributed by atoms with Gasteiger partial charge in [0.15, 0.2) is 0 Å². The predicted octanol–water partition coefficient (Wildman–Crippen LogP) is 4.12. The molecule has 0 fully saturated rings. The van der Waals surface area contributed by atoms with E-state index in [-0.39, 0.29) is 0 Å². The van der Waals surface area contributed by atoms with E-state index in [0.29, 0.717) is 12.0 Å². The average Bonchev–Trinajstić information content (AvgIpc) is 2.38. The first-order valence-corrected chi connectivity index (χ1v) is 6.64. The Bertz CT molecular complexity index is 329. The van der Waals surface area contributed by atoms with Crippen LogP contribution in [0.15, 0.2) is 42.5 Å². The quantitative estimate of drug-likeness (QED) is 0.696. The summed E-state index contributed by atoms with van der Waals surface area (Å²) in [6, 6.07) is 11.2. The summed E-state index contributed by atoms with van der Waals surface area (Å²) in [6.45, 7) is 11.8. The fraction of sp³-hybridized carbons (Fsp3) is 0.500. The van der Waals surface area contributed by atoms with Crippen LogP contribution in [0.4, 0.5) is 0 Å². The van der Waals surface area contributed by atoms with Crippen LogP contribution in [0, 0.1) is 0 Å². The van der Waals surface area contributed by atoms with Crippen LogP contribution in [-0.4, -0.2) is 12.6 Å². The zero-order valence-electron chi connectivity index (χ0n) is 11.4. The van der Waals surface area contributed by atoms with E-state index >= 15 is 0 Å². The van der Waals surface area contributed by atoms with Gasteiger partial charge in [-0.1, -0.05) is 63.3 Å². The largest absolute Gasteiger partial charge is 0.313 e. The van der Waals surface area contributed by atoms with E-state index in [9.17, 15) is 0 Å². The molecule has 0 aliphatic rings. The molecular weight excluding hydrogens is 206 g/mol. The number of likely N-dealkylation sites (N-methyl/N-ethyl adjacent to an activating group) is 1. The van der Waals surface area contributed by atoms with Gasteiger partial charge in [-0.2, -0.15) is 0 Å². The second-order valence-electron chi connectivity index (χ2n) is 4.67. The number of hydrogen-bond acceptors (Lipinski definition) is 1. The summed E-state index contributed by atoms with van der Waals surface area (Å²) in [5.41, 5.74) is 2.74. The zero-order chi connectivity index (χ0) is 12.7. The predicted molar refractivity (Wildman–Crippen MR) is 76.4 cm³/mol. The summed E-state index contributed by atoms with van der Waals surface area (Å²) in [5, 5.41) is 3.59. The lowest BCUT2D eigenvalue weighted by Crippen LogP contribution is -2.34. The normalized spacial score (nSPS) is 14.3. The molecule has 1 aromatic rings. The van der Waals surface area contributed by atoms with Crippen LogP contribution < -0.4 is 5.32 Å². The van der Waals surface area contributed by atoms with Crippen LogP contribution in [0.2, 0.25) is 0 Å². The summed E-state index contributed by atoms with van der Waals surface area (Å²) < 4.78 is 0. The number of hydrogen-bond donors (Lipinski definition) is 1. The molecule has 0 spiro atoms. The van der Waals surface area contributed by atoms with E-state index < -0.39 is 0 Å². The molecule has 1 aromatic carbocycles. The van der Waals surface area contributed by atoms with Gasteiger partial charge in [0, 0.05) is 6.04 Å². The van der Waals surface area contributed by atoms with Gasteiger partial charge in [0.25, 0.3) is 0 Å². The lowest BCUT2D eigenvalue weighted by Gasteiger charge is -2.26. The molecule has 0 amide bonds. The molecule has 0 aromatic heterocycles. The molecule has 17 heavy (non-hydrogen) atoms. The molecule has 0 saturated carbocycles. The maximum atomic E-state index is 4.13. The fourth-order valence-electron chi connectivity index (χ4n) is 2.13. The van der Waals surface area contributed by atoms with Gasteiger partial charge in [-0.15, -0.1) is 0 Å². The van der Waals surface area contributed by atoms with E-state index in [2.05, 4.69) is 63.0 Å². The molecule has 0 aliphatic heterocycles. The summed E-state index contributed by atoms with van der Waals surface area (Å²) >= 11 is 0. The molecule has 0 heterocycles. The van der Waals surface area contributed by atoms with Crippen molar-refractivity contribution in [1.29, 1.82) is 0 Å². The summed E-state index contributed by atoms with van der Waals surface area (Å²) in [6.07, 6.45) is 2.14. The molecule has 0 saturated heterocycles. The third-order valence-electron chi connectivity index (χ3n) is 3.40. The molecule has 2 atom stereocenters. The van der Waals surface area contributed by atoms with E-state index in [1.54, 1.807) is 0 Å². The standard InChI is InChI=1S/C16H25N/c1-5-13(3)12-16(17-6-2)14(4)15-10-8-7-9-11-15/h7-11,14,16-17H,3,5-6,12H2,1-2,4H3. The first-order chi connectivity index (χ1) is 8.19. The van der Waals surface area contributed by atoms with Gasteiger partial charge in [0.2, 0.25) is 0 Å². The van der Waals surface area contributed by atoms with E-state index in [0.717, 1.165) is 19.4 Å². The van der Waals surface area contributed by atoms with Crippen LogP contribution in [0.1, 0.15) is 45.1 Å². The van der Waals surface area contributed by atoms with Crippen molar-refractivity contribution in [2.24, 2.45) is 0 Å². The highest BCUT2D eigenvalue weighted by Gasteiger charge is 2.18. The molecule has 1 nitrogen and oxygen atoms in total. The molecule has 0 radical (unpaired) electrons. The van der Waals surface area contributed by atoms with Crippen molar-refractivity contribution in [2.45, 2.75) is 45.6 Å². The van der Waals surface area contributed by atoms with Crippen LogP contribution in [0.5, 0.6) is 0 Å². The molecule has 1 rings (SSSR count). The Morgan fingerprint density at radius 3 is 2.41 bits per heavy atom. The summed E-state index contributed by atoms with van der Waals surface area (Å²) in [7, 11) is 0. The molecule has 2 unspecified atom stereocenters. The monoisotopic (exact) mass is 231 g/mol. The molecule has 1 N–H and O–H groups in total. The Hall–Kier alpha value is -1.08. The minimum atomic E-state index is 0.495. The van der Waals surface area contributed by atoms with Crippen molar-refractivity contribution < 1.29 is 0 Å². The fourth-order valence-corrected chi connectivity index (χ4v) is 2.13. The van der Waals surface area contributed by atoms with Gasteiger partial charge in [0.05, 0.1) is 0 Å². The summed E-state index contributed by atoms with van der Waals surface area (Å²) in [4.78, 5) is 0. The van der Waals surface area contributed by atoms with Gasteiger partial charge in [-0.3, -0.25) is 0 Å². The van der Waals surface area contributed by atoms with E-state index in [4.69, 9.17) is 0 Å². The number of benzene rings is 1. The molecule has 0 bridgehead atoms. The highest BCUT2D eigenvalue weighted by Crippen LogP contribution is 2.23. The van der Waals surface area contributed by atoms with E-state index in [1.165, 1.54) is 11.1 Å². The SMILES string of the molecule is C=C(CC)CC(NCC)C(C)c1ccccc1. The lowest BCUT2D eigenvalue weighted by molar-refractivity contribution is 0.454. The first kappa shape index (κ1) is 14.0. The van der Waals surface area contributed by atoms with E-state index in [1.807, 2.05) is 0 Å². The van der Waals surface area contributed by atoms with Crippen LogP contribution in [-0.2, 0) is 0 Å². The van der Waals surface area contributed by atoms with Crippen LogP contribution >= 0.6 is 0 Å². The van der Waals surface area contributed by atoms with Crippen molar-refractivity contribution in [2.75, 3.05) is 6.54 Å². The number of rotatable bonds is 7. The lowest BCUT2D eigenvalue weighted by atomic mass is 9.89. The Kier molecular flexibility index (Phi) is 5.99. The third kappa shape index (κ3) is 4.35. The Morgan fingerprint density at radius 2 is 1.88 bits per heavy atom. The highest BCUT2D eigenvalue weighted by molar-refractivity contribution is 5.21. The van der Waals surface area contributed by atoms with Gasteiger partial charge in [-0.05, 0) is 30.9 Å². The Balaban J connectivity index is 2.73. The molecule has 1 heteroatoms. The molecule has 94 valence electrons. The second-order valence-corrected chi connectivity index (χ2v) is 4.67. The Labute approximate surface area is 106 Å². The van der Waals surface area contributed by atoms with Gasteiger partial charge in [-0.25, -0.2) is 0 Å². The maximum absolute atomic E-state index is 4.13. The second kappa shape index (κ2) is 7.29. The topological polar surface area (TPSA) is 12.0 Å². The maximum Gasteiger partial charge on any atom is 0.0170 e. The molecular formula is C16H25N. The van der Waals surface area contributed by atoms with Crippen LogP contribution in [0.25, 0.3) is 0 Å². The van der Waals surface area contributed by atoms with Crippen molar-refractivity contribution in [3.8, 4) is 0 Å². The zero-order valence-corrected chi connectivity index (χ0v) is 11.4. The highest BCUT2D eigenvalue weighted by atomic mass is 14.9. The Morgan fingerprint density at radius 1 is 1.24 bits per heavy atom. The minimum absolute atomic E-state index is 0.495. The van der Waals surface area contributed by atoms with Crippen molar-refractivity contribution in [3.05, 3.63) is 48.0 Å². The van der Waals surface area contributed by atoms with Gasteiger partial charge < -0.3 is 5.32 Å². The van der Waals surface area contributed by atoms with Crippen molar-refractivity contribution in [3.63, 3.8) is 0 Å². The third-order valence-corrected chi connectivity index (χ3v) is 3.40. The first-order valence-electron chi connectivity index (χ1n) is 6.64. The van der Waals surface area contributed by atoms with Crippen LogP contribution in [0.3, 0.4) is 0 Å². The minimum Gasteiger partial charge on any atom is -0.313 e. The van der Waals surface area contributed by atoms with Gasteiger partial charge in [0.1, 0.15) is 0 Å². The van der Waals surface area contributed by atoms with Crippen molar-refractivity contribution >= 4 is 0 Å². The number of nitrogens with one attached hydrogen (secondary N) is 1. The van der Waals surface area contributed by atoms with Crippen molar-refractivity contribution in [1.82, 2.24) is 5.32 Å². The average molecular weight is 231 g/mol. The molecule has 0 aliphatic carbocycles. The van der Waals surface area contributed by atoms with Gasteiger partial charge >= 0.3 is 0 Å². The smallest absolute Gasteiger partial charge is 0.0170 e. The summed E-state index contributed by atoms with van der Waals surface area (Å²) in [5.74, 6) is 0.527.